The van der Waals surface area contributed by atoms with Gasteiger partial charge in [0.05, 0.1) is 17.7 Å². The number of rotatable bonds is 7. The van der Waals surface area contributed by atoms with Crippen LogP contribution in [0.2, 0.25) is 5.15 Å². The summed E-state index contributed by atoms with van der Waals surface area (Å²) < 4.78 is 75.2. The molecule has 3 rings (SSSR count). The van der Waals surface area contributed by atoms with E-state index in [1.807, 2.05) is 0 Å². The van der Waals surface area contributed by atoms with Crippen molar-refractivity contribution in [2.75, 3.05) is 18.5 Å². The number of hydrogen-bond acceptors (Lipinski definition) is 6. The molecule has 3 aromatic rings. The Bertz CT molecular complexity index is 1030. The van der Waals surface area contributed by atoms with E-state index in [1.54, 1.807) is 0 Å². The summed E-state index contributed by atoms with van der Waals surface area (Å²) in [5, 5.41) is 5.49. The lowest BCUT2D eigenvalue weighted by Crippen LogP contribution is -2.34. The van der Waals surface area contributed by atoms with Crippen LogP contribution in [0.1, 0.15) is 13.3 Å². The van der Waals surface area contributed by atoms with Gasteiger partial charge in [0.15, 0.2) is 0 Å². The Morgan fingerprint density at radius 3 is 2.50 bits per heavy atom. The molecule has 0 saturated carbocycles. The number of ether oxygens (including phenoxy) is 1. The summed E-state index contributed by atoms with van der Waals surface area (Å²) in [6.07, 6.45) is -3.17. The molecule has 162 valence electrons. The predicted octanol–water partition coefficient (Wildman–Crippen LogP) is 3.81. The molecular formula is C17H16ClF5N6O. The van der Waals surface area contributed by atoms with E-state index in [1.165, 1.54) is 0 Å². The summed E-state index contributed by atoms with van der Waals surface area (Å²) in [5.41, 5.74) is 4.22. The van der Waals surface area contributed by atoms with Crippen molar-refractivity contribution >= 4 is 23.2 Å². The second-order valence-electron chi connectivity index (χ2n) is 6.26. The first-order chi connectivity index (χ1) is 14.1. The van der Waals surface area contributed by atoms with Crippen molar-refractivity contribution in [2.45, 2.75) is 25.6 Å². The van der Waals surface area contributed by atoms with Gasteiger partial charge in [0.2, 0.25) is 0 Å². The van der Waals surface area contributed by atoms with Crippen molar-refractivity contribution in [2.24, 2.45) is 5.73 Å². The topological polar surface area (TPSA) is 90.4 Å². The molecule has 0 aliphatic rings. The van der Waals surface area contributed by atoms with Crippen molar-refractivity contribution in [1.82, 2.24) is 19.6 Å². The molecule has 0 unspecified atom stereocenters. The standard InChI is InChI=1S/C17H16ClF5N6O/c1-8(17(21,22)23)27-15-13(14(18)28-16-25-7-26-29(15)16)12-10(19)5-9(6-11(12)20)30-4-2-3-24/h5-8,27H,2-4,24H2,1H3/t8-/m0/s1. The number of alkyl halides is 3. The van der Waals surface area contributed by atoms with Gasteiger partial charge in [-0.1, -0.05) is 11.6 Å². The van der Waals surface area contributed by atoms with E-state index in [0.29, 0.717) is 13.0 Å². The van der Waals surface area contributed by atoms with E-state index in [-0.39, 0.29) is 18.1 Å². The van der Waals surface area contributed by atoms with Gasteiger partial charge in [-0.3, -0.25) is 0 Å². The first kappa shape index (κ1) is 22.0. The molecule has 30 heavy (non-hydrogen) atoms. The molecule has 3 N–H and O–H groups in total. The van der Waals surface area contributed by atoms with Crippen LogP contribution in [-0.2, 0) is 0 Å². The molecular weight excluding hydrogens is 435 g/mol. The molecule has 2 heterocycles. The van der Waals surface area contributed by atoms with Gasteiger partial charge in [-0.05, 0) is 19.9 Å². The summed E-state index contributed by atoms with van der Waals surface area (Å²) in [5.74, 6) is -2.89. The highest BCUT2D eigenvalue weighted by Gasteiger charge is 2.37. The average Bonchev–Trinajstić information content (AvgIpc) is 3.10. The number of nitrogens with zero attached hydrogens (tertiary/aromatic N) is 4. The van der Waals surface area contributed by atoms with Gasteiger partial charge in [0.25, 0.3) is 5.78 Å². The number of fused-ring (bicyclic) bond motifs is 1. The summed E-state index contributed by atoms with van der Waals surface area (Å²) in [4.78, 5) is 7.63. The van der Waals surface area contributed by atoms with E-state index in [2.05, 4.69) is 20.4 Å². The number of aromatic nitrogens is 4. The number of halogens is 6. The Morgan fingerprint density at radius 2 is 1.90 bits per heavy atom. The minimum atomic E-state index is -4.66. The van der Waals surface area contributed by atoms with Crippen molar-refractivity contribution in [3.8, 4) is 16.9 Å². The molecule has 0 amide bonds. The van der Waals surface area contributed by atoms with E-state index < -0.39 is 46.0 Å². The summed E-state index contributed by atoms with van der Waals surface area (Å²) in [7, 11) is 0. The van der Waals surface area contributed by atoms with Crippen LogP contribution in [0.4, 0.5) is 27.8 Å². The van der Waals surface area contributed by atoms with Crippen LogP contribution >= 0.6 is 11.6 Å². The zero-order valence-corrected chi connectivity index (χ0v) is 16.2. The van der Waals surface area contributed by atoms with Crippen LogP contribution < -0.4 is 15.8 Å². The van der Waals surface area contributed by atoms with Gasteiger partial charge < -0.3 is 15.8 Å². The predicted molar refractivity (Wildman–Crippen MR) is 99.5 cm³/mol. The molecule has 1 atom stereocenters. The quantitative estimate of drug-likeness (QED) is 0.323. The number of nitrogens with two attached hydrogens (primary N) is 1. The van der Waals surface area contributed by atoms with Gasteiger partial charge >= 0.3 is 6.18 Å². The maximum absolute atomic E-state index is 14.8. The molecule has 13 heteroatoms. The monoisotopic (exact) mass is 450 g/mol. The minimum Gasteiger partial charge on any atom is -0.493 e. The fourth-order valence-corrected chi connectivity index (χ4v) is 2.86. The lowest BCUT2D eigenvalue weighted by atomic mass is 10.1. The number of anilines is 1. The zero-order valence-electron chi connectivity index (χ0n) is 15.5. The van der Waals surface area contributed by atoms with E-state index in [9.17, 15) is 22.0 Å². The summed E-state index contributed by atoms with van der Waals surface area (Å²) in [6.45, 7) is 1.30. The zero-order chi connectivity index (χ0) is 22.1. The van der Waals surface area contributed by atoms with Crippen LogP contribution in [0.3, 0.4) is 0 Å². The first-order valence-electron chi connectivity index (χ1n) is 8.68. The third kappa shape index (κ3) is 4.38. The normalized spacial score (nSPS) is 12.9. The highest BCUT2D eigenvalue weighted by Crippen LogP contribution is 2.39. The van der Waals surface area contributed by atoms with Gasteiger partial charge in [-0.25, -0.2) is 8.78 Å². The number of hydrogen-bond donors (Lipinski definition) is 2. The second-order valence-corrected chi connectivity index (χ2v) is 6.62. The molecule has 0 fully saturated rings. The Kier molecular flexibility index (Phi) is 6.27. The van der Waals surface area contributed by atoms with E-state index >= 15 is 0 Å². The maximum atomic E-state index is 14.8. The van der Waals surface area contributed by atoms with Crippen molar-refractivity contribution in [1.29, 1.82) is 0 Å². The summed E-state index contributed by atoms with van der Waals surface area (Å²) in [6, 6.07) is -0.297. The van der Waals surface area contributed by atoms with Crippen LogP contribution in [0.25, 0.3) is 16.9 Å². The largest absolute Gasteiger partial charge is 0.493 e. The highest BCUT2D eigenvalue weighted by atomic mass is 35.5. The van der Waals surface area contributed by atoms with Gasteiger partial charge in [-0.15, -0.1) is 0 Å². The molecule has 0 bridgehead atoms. The molecule has 0 spiro atoms. The van der Waals surface area contributed by atoms with Crippen molar-refractivity contribution < 1.29 is 26.7 Å². The van der Waals surface area contributed by atoms with E-state index in [0.717, 1.165) is 29.9 Å². The molecule has 0 radical (unpaired) electrons. The average molecular weight is 451 g/mol. The molecule has 1 aromatic carbocycles. The summed E-state index contributed by atoms with van der Waals surface area (Å²) >= 11 is 6.09. The molecule has 7 nitrogen and oxygen atoms in total. The van der Waals surface area contributed by atoms with Gasteiger partial charge in [0, 0.05) is 12.1 Å². The number of nitrogens with one attached hydrogen (secondary N) is 1. The SMILES string of the molecule is C[C@H](Nc1c(-c2c(F)cc(OCCCN)cc2F)c(Cl)nc2ncnn12)C(F)(F)F. The van der Waals surface area contributed by atoms with Crippen LogP contribution in [-0.4, -0.2) is 45.0 Å². The second kappa shape index (κ2) is 8.56. The molecule has 0 aliphatic carbocycles. The third-order valence-electron chi connectivity index (χ3n) is 4.11. The van der Waals surface area contributed by atoms with E-state index in [4.69, 9.17) is 22.1 Å². The Morgan fingerprint density at radius 1 is 1.23 bits per heavy atom. The van der Waals surface area contributed by atoms with Crippen molar-refractivity contribution in [3.63, 3.8) is 0 Å². The Balaban J connectivity index is 2.16. The fourth-order valence-electron chi connectivity index (χ4n) is 2.60. The van der Waals surface area contributed by atoms with Crippen LogP contribution in [0.15, 0.2) is 18.5 Å². The van der Waals surface area contributed by atoms with Gasteiger partial charge in [-0.2, -0.15) is 32.8 Å². The molecule has 0 saturated heterocycles. The third-order valence-corrected chi connectivity index (χ3v) is 4.38. The Labute approximate surface area is 172 Å². The fraction of sp³-hybridized carbons (Fsp3) is 0.353. The molecule has 0 aliphatic heterocycles. The highest BCUT2D eigenvalue weighted by molar-refractivity contribution is 6.33. The van der Waals surface area contributed by atoms with Gasteiger partial charge in [0.1, 0.15) is 40.7 Å². The lowest BCUT2D eigenvalue weighted by Gasteiger charge is -2.21. The Hall–Kier alpha value is -2.73. The number of benzene rings is 1. The maximum Gasteiger partial charge on any atom is 0.408 e. The van der Waals surface area contributed by atoms with Crippen molar-refractivity contribution in [3.05, 3.63) is 35.2 Å². The molecule has 2 aromatic heterocycles. The smallest absolute Gasteiger partial charge is 0.408 e. The minimum absolute atomic E-state index is 0.105. The van der Waals surface area contributed by atoms with Crippen LogP contribution in [0, 0.1) is 11.6 Å². The lowest BCUT2D eigenvalue weighted by molar-refractivity contribution is -0.138. The van der Waals surface area contributed by atoms with Crippen LogP contribution in [0.5, 0.6) is 5.75 Å². The first-order valence-corrected chi connectivity index (χ1v) is 9.06.